The summed E-state index contributed by atoms with van der Waals surface area (Å²) in [4.78, 5) is 33.1. The summed E-state index contributed by atoms with van der Waals surface area (Å²) in [5.41, 5.74) is 4.84. The summed E-state index contributed by atoms with van der Waals surface area (Å²) in [6.07, 6.45) is 2.32. The Morgan fingerprint density at radius 2 is 1.85 bits per heavy atom. The zero-order valence-corrected chi connectivity index (χ0v) is 20.1. The molecule has 1 N–H and O–H groups in total. The minimum atomic E-state index is -0.446. The van der Waals surface area contributed by atoms with E-state index >= 15 is 0 Å². The van der Waals surface area contributed by atoms with Crippen molar-refractivity contribution in [3.63, 3.8) is 0 Å². The summed E-state index contributed by atoms with van der Waals surface area (Å²) >= 11 is 1.49. The molecule has 1 atom stereocenters. The molecule has 1 amide bonds. The standard InChI is InChI=1S/C27H27N3O3S/c1-3-33-26(32)23-24(18-10-5-4-6-11-18)29-27-30(25(23)21-12-8-7-9-17(21)2)20(16-34-27)15-22(31)28-19-13-14-19/h4-12,16,19,25H,3,13-15H2,1-2H3,(H,28,31). The van der Waals surface area contributed by atoms with Crippen LogP contribution in [0.25, 0.3) is 5.70 Å². The molecule has 6 nitrogen and oxygen atoms in total. The third-order valence-electron chi connectivity index (χ3n) is 6.12. The Morgan fingerprint density at radius 3 is 2.56 bits per heavy atom. The second-order valence-corrected chi connectivity index (χ2v) is 9.45. The maximum absolute atomic E-state index is 13.5. The van der Waals surface area contributed by atoms with Gasteiger partial charge in [-0.1, -0.05) is 66.4 Å². The highest BCUT2D eigenvalue weighted by Gasteiger charge is 2.43. The fourth-order valence-electron chi connectivity index (χ4n) is 4.35. The zero-order chi connectivity index (χ0) is 23.7. The SMILES string of the molecule is CCOC(=O)C1=C(c2ccccc2)N=C2SC=C(CC(=O)NC3CC3)N2C1c1ccccc1C. The van der Waals surface area contributed by atoms with Crippen molar-refractivity contribution in [3.05, 3.63) is 88.0 Å². The molecule has 1 saturated carbocycles. The van der Waals surface area contributed by atoms with Gasteiger partial charge < -0.3 is 15.0 Å². The lowest BCUT2D eigenvalue weighted by molar-refractivity contribution is -0.139. The Morgan fingerprint density at radius 1 is 1.12 bits per heavy atom. The number of amidine groups is 1. The molecule has 0 radical (unpaired) electrons. The summed E-state index contributed by atoms with van der Waals surface area (Å²) in [6.45, 7) is 4.11. The van der Waals surface area contributed by atoms with Crippen LogP contribution in [0, 0.1) is 6.92 Å². The van der Waals surface area contributed by atoms with E-state index in [4.69, 9.17) is 9.73 Å². The van der Waals surface area contributed by atoms with Crippen molar-refractivity contribution in [3.8, 4) is 0 Å². The summed E-state index contributed by atoms with van der Waals surface area (Å²) in [6, 6.07) is 17.6. The number of nitrogens with zero attached hydrogens (tertiary/aromatic N) is 2. The van der Waals surface area contributed by atoms with E-state index in [1.807, 2.05) is 71.8 Å². The molecule has 1 fully saturated rings. The number of nitrogens with one attached hydrogen (secondary N) is 1. The molecule has 7 heteroatoms. The Labute approximate surface area is 203 Å². The van der Waals surface area contributed by atoms with Crippen molar-refractivity contribution < 1.29 is 14.3 Å². The second-order valence-electron chi connectivity index (χ2n) is 8.62. The lowest BCUT2D eigenvalue weighted by Crippen LogP contribution is -2.38. The monoisotopic (exact) mass is 473 g/mol. The van der Waals surface area contributed by atoms with E-state index in [0.29, 0.717) is 17.3 Å². The smallest absolute Gasteiger partial charge is 0.338 e. The van der Waals surface area contributed by atoms with Crippen molar-refractivity contribution in [1.29, 1.82) is 0 Å². The lowest BCUT2D eigenvalue weighted by atomic mass is 9.89. The molecule has 0 aromatic heterocycles. The molecule has 0 spiro atoms. The number of ether oxygens (including phenoxy) is 1. The first-order chi connectivity index (χ1) is 16.6. The maximum Gasteiger partial charge on any atom is 0.338 e. The van der Waals surface area contributed by atoms with Crippen LogP contribution >= 0.6 is 11.8 Å². The molecule has 0 bridgehead atoms. The number of amides is 1. The molecule has 174 valence electrons. The third-order valence-corrected chi connectivity index (χ3v) is 7.01. The van der Waals surface area contributed by atoms with E-state index in [2.05, 4.69) is 5.32 Å². The van der Waals surface area contributed by atoms with Crippen molar-refractivity contribution in [1.82, 2.24) is 10.2 Å². The number of fused-ring (bicyclic) bond motifs is 1. The van der Waals surface area contributed by atoms with Gasteiger partial charge in [0.25, 0.3) is 0 Å². The van der Waals surface area contributed by atoms with Crippen LogP contribution in [0.3, 0.4) is 0 Å². The van der Waals surface area contributed by atoms with E-state index in [1.54, 1.807) is 6.92 Å². The lowest BCUT2D eigenvalue weighted by Gasteiger charge is -2.37. The number of hydrogen-bond donors (Lipinski definition) is 1. The van der Waals surface area contributed by atoms with Gasteiger partial charge in [-0.2, -0.15) is 0 Å². The van der Waals surface area contributed by atoms with E-state index in [0.717, 1.165) is 40.4 Å². The Hall–Kier alpha value is -3.32. The van der Waals surface area contributed by atoms with Gasteiger partial charge in [-0.15, -0.1) is 0 Å². The summed E-state index contributed by atoms with van der Waals surface area (Å²) in [5, 5.41) is 5.81. The third kappa shape index (κ3) is 4.40. The average Bonchev–Trinajstić information content (AvgIpc) is 3.57. The van der Waals surface area contributed by atoms with Crippen LogP contribution in [-0.4, -0.2) is 34.6 Å². The number of rotatable bonds is 7. The van der Waals surface area contributed by atoms with Crippen molar-refractivity contribution in [2.45, 2.75) is 45.2 Å². The van der Waals surface area contributed by atoms with Gasteiger partial charge in [-0.25, -0.2) is 9.79 Å². The predicted molar refractivity (Wildman–Crippen MR) is 135 cm³/mol. The number of aryl methyl sites for hydroxylation is 1. The number of carbonyl (C=O) groups excluding carboxylic acids is 2. The van der Waals surface area contributed by atoms with Crippen molar-refractivity contribution in [2.75, 3.05) is 6.61 Å². The van der Waals surface area contributed by atoms with E-state index in [-0.39, 0.29) is 18.9 Å². The Bertz CT molecular complexity index is 1210. The summed E-state index contributed by atoms with van der Waals surface area (Å²) in [5.74, 6) is -0.397. The normalized spacial score (nSPS) is 19.4. The highest BCUT2D eigenvalue weighted by Crippen LogP contribution is 2.47. The first kappa shape index (κ1) is 22.5. The van der Waals surface area contributed by atoms with Gasteiger partial charge in [0.2, 0.25) is 5.91 Å². The van der Waals surface area contributed by atoms with Crippen LogP contribution in [0.4, 0.5) is 0 Å². The molecule has 2 aliphatic heterocycles. The molecule has 2 aromatic carbocycles. The molecule has 0 saturated heterocycles. The molecule has 1 unspecified atom stereocenters. The number of hydrogen-bond acceptors (Lipinski definition) is 6. The molecular formula is C27H27N3O3S. The second kappa shape index (κ2) is 9.50. The van der Waals surface area contributed by atoms with Crippen LogP contribution in [0.15, 0.2) is 76.3 Å². The fraction of sp³-hybridized carbons (Fsp3) is 0.296. The van der Waals surface area contributed by atoms with E-state index in [9.17, 15) is 9.59 Å². The Balaban J connectivity index is 1.64. The molecular weight excluding hydrogens is 446 g/mol. The molecule has 1 aliphatic carbocycles. The first-order valence-electron chi connectivity index (χ1n) is 11.6. The molecule has 2 heterocycles. The number of carbonyl (C=O) groups is 2. The largest absolute Gasteiger partial charge is 0.463 e. The molecule has 5 rings (SSSR count). The number of aliphatic imine (C=N–C) groups is 1. The van der Waals surface area contributed by atoms with Gasteiger partial charge in [-0.3, -0.25) is 4.79 Å². The van der Waals surface area contributed by atoms with Crippen LogP contribution in [0.5, 0.6) is 0 Å². The van der Waals surface area contributed by atoms with Gasteiger partial charge in [-0.05, 0) is 43.2 Å². The van der Waals surface area contributed by atoms with E-state index < -0.39 is 12.0 Å². The zero-order valence-electron chi connectivity index (χ0n) is 19.3. The van der Waals surface area contributed by atoms with Crippen LogP contribution in [0.1, 0.15) is 48.9 Å². The maximum atomic E-state index is 13.5. The van der Waals surface area contributed by atoms with Crippen molar-refractivity contribution in [2.24, 2.45) is 4.99 Å². The summed E-state index contributed by atoms with van der Waals surface area (Å²) < 4.78 is 5.55. The van der Waals surface area contributed by atoms with Gasteiger partial charge in [0.05, 0.1) is 30.3 Å². The van der Waals surface area contributed by atoms with Crippen LogP contribution < -0.4 is 5.32 Å². The Kier molecular flexibility index (Phi) is 6.28. The summed E-state index contributed by atoms with van der Waals surface area (Å²) in [7, 11) is 0. The minimum Gasteiger partial charge on any atom is -0.463 e. The van der Waals surface area contributed by atoms with Crippen LogP contribution in [0.2, 0.25) is 0 Å². The minimum absolute atomic E-state index is 0.00495. The van der Waals surface area contributed by atoms with Gasteiger partial charge in [0, 0.05) is 17.3 Å². The quantitative estimate of drug-likeness (QED) is 0.577. The van der Waals surface area contributed by atoms with Crippen molar-refractivity contribution >= 4 is 34.5 Å². The molecule has 34 heavy (non-hydrogen) atoms. The number of thioether (sulfide) groups is 1. The molecule has 2 aromatic rings. The van der Waals surface area contributed by atoms with Crippen LogP contribution in [-0.2, 0) is 14.3 Å². The molecule has 3 aliphatic rings. The van der Waals surface area contributed by atoms with Gasteiger partial charge >= 0.3 is 5.97 Å². The predicted octanol–water partition coefficient (Wildman–Crippen LogP) is 4.94. The topological polar surface area (TPSA) is 71.0 Å². The first-order valence-corrected chi connectivity index (χ1v) is 12.5. The van der Waals surface area contributed by atoms with Gasteiger partial charge in [0.15, 0.2) is 5.17 Å². The highest BCUT2D eigenvalue weighted by atomic mass is 32.2. The fourth-order valence-corrected chi connectivity index (χ4v) is 5.27. The number of esters is 1. The van der Waals surface area contributed by atoms with E-state index in [1.165, 1.54) is 11.8 Å². The highest BCUT2D eigenvalue weighted by molar-refractivity contribution is 8.16. The van der Waals surface area contributed by atoms with Gasteiger partial charge in [0.1, 0.15) is 0 Å². The number of benzene rings is 2. The average molecular weight is 474 g/mol.